The normalized spacial score (nSPS) is 11.4. The number of nitrogens with zero attached hydrogens (tertiary/aromatic N) is 1. The molecule has 24 heavy (non-hydrogen) atoms. The highest BCUT2D eigenvalue weighted by molar-refractivity contribution is 5.92. The Kier molecular flexibility index (Phi) is 6.63. The molecule has 0 heterocycles. The number of para-hydroxylation sites is 2. The van der Waals surface area contributed by atoms with E-state index in [9.17, 15) is 0 Å². The molecule has 0 saturated carbocycles. The molecule has 5 nitrogen and oxygen atoms in total. The first kappa shape index (κ1) is 17.8. The molecule has 0 aliphatic heterocycles. The van der Waals surface area contributed by atoms with E-state index in [4.69, 9.17) is 15.2 Å². The van der Waals surface area contributed by atoms with E-state index >= 15 is 0 Å². The number of aryl methyl sites for hydroxylation is 2. The van der Waals surface area contributed by atoms with E-state index in [0.717, 1.165) is 28.1 Å². The maximum Gasteiger partial charge on any atom is 0.193 e. The van der Waals surface area contributed by atoms with Gasteiger partial charge >= 0.3 is 0 Å². The monoisotopic (exact) mass is 327 g/mol. The number of hydrogen-bond acceptors (Lipinski definition) is 3. The molecule has 2 rings (SSSR count). The van der Waals surface area contributed by atoms with Gasteiger partial charge in [0, 0.05) is 18.4 Å². The van der Waals surface area contributed by atoms with Gasteiger partial charge in [-0.3, -0.25) is 0 Å². The first-order valence-electron chi connectivity index (χ1n) is 7.94. The Morgan fingerprint density at radius 2 is 1.79 bits per heavy atom. The first-order valence-corrected chi connectivity index (χ1v) is 7.94. The fourth-order valence-corrected chi connectivity index (χ4v) is 2.44. The lowest BCUT2D eigenvalue weighted by Crippen LogP contribution is -2.24. The molecule has 128 valence electrons. The van der Waals surface area contributed by atoms with E-state index in [1.165, 1.54) is 0 Å². The van der Waals surface area contributed by atoms with Crippen molar-refractivity contribution in [3.8, 4) is 5.75 Å². The molecule has 0 spiro atoms. The van der Waals surface area contributed by atoms with Crippen LogP contribution >= 0.6 is 0 Å². The zero-order valence-electron chi connectivity index (χ0n) is 14.5. The predicted molar refractivity (Wildman–Crippen MR) is 98.7 cm³/mol. The number of rotatable bonds is 7. The molecule has 0 radical (unpaired) electrons. The second-order valence-corrected chi connectivity index (χ2v) is 5.55. The Hall–Kier alpha value is -2.53. The summed E-state index contributed by atoms with van der Waals surface area (Å²) in [6, 6.07) is 13.9. The minimum Gasteiger partial charge on any atom is -0.491 e. The van der Waals surface area contributed by atoms with Crippen LogP contribution in [0.2, 0.25) is 0 Å². The minimum absolute atomic E-state index is 0.364. The Morgan fingerprint density at radius 1 is 1.08 bits per heavy atom. The van der Waals surface area contributed by atoms with E-state index < -0.39 is 0 Å². The van der Waals surface area contributed by atoms with Gasteiger partial charge in [-0.25, -0.2) is 4.99 Å². The Balaban J connectivity index is 1.89. The third kappa shape index (κ3) is 4.99. The van der Waals surface area contributed by atoms with Crippen molar-refractivity contribution in [2.75, 3.05) is 25.6 Å². The fourth-order valence-electron chi connectivity index (χ4n) is 2.44. The molecule has 0 amide bonds. The van der Waals surface area contributed by atoms with Crippen LogP contribution in [0.15, 0.2) is 47.5 Å². The third-order valence-electron chi connectivity index (χ3n) is 3.61. The van der Waals surface area contributed by atoms with Gasteiger partial charge in [-0.2, -0.15) is 0 Å². The Bertz CT molecular complexity index is 679. The molecule has 3 N–H and O–H groups in total. The first-order chi connectivity index (χ1) is 11.6. The SMILES string of the molecule is COCc1ccccc1NC(N)=NCCOc1c(C)cccc1C. The molecule has 0 bridgehead atoms. The number of nitrogens with one attached hydrogen (secondary N) is 1. The van der Waals surface area contributed by atoms with Crippen LogP contribution in [-0.2, 0) is 11.3 Å². The summed E-state index contributed by atoms with van der Waals surface area (Å²) in [5, 5.41) is 3.11. The van der Waals surface area contributed by atoms with Crippen molar-refractivity contribution in [2.45, 2.75) is 20.5 Å². The summed E-state index contributed by atoms with van der Waals surface area (Å²) in [4.78, 5) is 4.31. The maximum absolute atomic E-state index is 5.95. The van der Waals surface area contributed by atoms with Gasteiger partial charge in [0.1, 0.15) is 12.4 Å². The molecule has 0 saturated heterocycles. The van der Waals surface area contributed by atoms with Crippen LogP contribution in [0, 0.1) is 13.8 Å². The molecule has 5 heteroatoms. The average Bonchev–Trinajstić information content (AvgIpc) is 2.56. The zero-order valence-corrected chi connectivity index (χ0v) is 14.5. The highest BCUT2D eigenvalue weighted by Crippen LogP contribution is 2.22. The molecule has 2 aromatic rings. The van der Waals surface area contributed by atoms with Gasteiger partial charge in [0.15, 0.2) is 5.96 Å². The smallest absolute Gasteiger partial charge is 0.193 e. The lowest BCUT2D eigenvalue weighted by molar-refractivity contribution is 0.185. The molecule has 0 unspecified atom stereocenters. The Morgan fingerprint density at radius 3 is 2.50 bits per heavy atom. The van der Waals surface area contributed by atoms with E-state index in [0.29, 0.717) is 25.7 Å². The second-order valence-electron chi connectivity index (χ2n) is 5.55. The van der Waals surface area contributed by atoms with Crippen molar-refractivity contribution in [1.82, 2.24) is 0 Å². The van der Waals surface area contributed by atoms with E-state index in [-0.39, 0.29) is 0 Å². The number of guanidine groups is 1. The van der Waals surface area contributed by atoms with Crippen LogP contribution in [0.5, 0.6) is 5.75 Å². The van der Waals surface area contributed by atoms with Crippen LogP contribution in [0.25, 0.3) is 0 Å². The highest BCUT2D eigenvalue weighted by Gasteiger charge is 2.04. The lowest BCUT2D eigenvalue weighted by Gasteiger charge is -2.12. The topological polar surface area (TPSA) is 68.9 Å². The fraction of sp³-hybridized carbons (Fsp3) is 0.316. The van der Waals surface area contributed by atoms with Crippen LogP contribution in [0.1, 0.15) is 16.7 Å². The van der Waals surface area contributed by atoms with Crippen molar-refractivity contribution in [2.24, 2.45) is 10.7 Å². The summed E-state index contributed by atoms with van der Waals surface area (Å²) in [7, 11) is 1.67. The van der Waals surface area contributed by atoms with Crippen LogP contribution < -0.4 is 15.8 Å². The van der Waals surface area contributed by atoms with Crippen LogP contribution in [-0.4, -0.2) is 26.2 Å². The quantitative estimate of drug-likeness (QED) is 0.465. The zero-order chi connectivity index (χ0) is 17.4. The third-order valence-corrected chi connectivity index (χ3v) is 3.61. The molecular formula is C19H25N3O2. The standard InChI is InChI=1S/C19H25N3O2/c1-14-7-6-8-15(2)18(14)24-12-11-21-19(20)22-17-10-5-4-9-16(17)13-23-3/h4-10H,11-13H2,1-3H3,(H3,20,21,22). The maximum atomic E-state index is 5.95. The number of hydrogen-bond donors (Lipinski definition) is 2. The summed E-state index contributed by atoms with van der Waals surface area (Å²) in [6.07, 6.45) is 0. The van der Waals surface area contributed by atoms with E-state index in [1.807, 2.05) is 56.3 Å². The molecule has 0 atom stereocenters. The van der Waals surface area contributed by atoms with Crippen molar-refractivity contribution in [3.63, 3.8) is 0 Å². The predicted octanol–water partition coefficient (Wildman–Crippen LogP) is 3.26. The number of benzene rings is 2. The Labute approximate surface area is 143 Å². The molecular weight excluding hydrogens is 302 g/mol. The number of aliphatic imine (C=N–C) groups is 1. The van der Waals surface area contributed by atoms with Crippen LogP contribution in [0.4, 0.5) is 5.69 Å². The minimum atomic E-state index is 0.364. The van der Waals surface area contributed by atoms with Crippen molar-refractivity contribution >= 4 is 11.6 Å². The van der Waals surface area contributed by atoms with Gasteiger partial charge in [0.05, 0.1) is 13.2 Å². The molecule has 0 fully saturated rings. The van der Waals surface area contributed by atoms with Gasteiger partial charge < -0.3 is 20.5 Å². The van der Waals surface area contributed by atoms with Gasteiger partial charge in [-0.1, -0.05) is 36.4 Å². The summed E-state index contributed by atoms with van der Waals surface area (Å²) in [5.41, 5.74) is 10.1. The van der Waals surface area contributed by atoms with Gasteiger partial charge in [0.25, 0.3) is 0 Å². The number of anilines is 1. The van der Waals surface area contributed by atoms with E-state index in [1.54, 1.807) is 7.11 Å². The molecule has 0 aliphatic carbocycles. The number of nitrogens with two attached hydrogens (primary N) is 1. The molecule has 0 aliphatic rings. The van der Waals surface area contributed by atoms with Crippen LogP contribution in [0.3, 0.4) is 0 Å². The van der Waals surface area contributed by atoms with Crippen molar-refractivity contribution < 1.29 is 9.47 Å². The van der Waals surface area contributed by atoms with Gasteiger partial charge in [0.2, 0.25) is 0 Å². The summed E-state index contributed by atoms with van der Waals surface area (Å²) in [6.45, 7) is 5.56. The van der Waals surface area contributed by atoms with E-state index in [2.05, 4.69) is 10.3 Å². The van der Waals surface area contributed by atoms with Gasteiger partial charge in [-0.05, 0) is 31.0 Å². The largest absolute Gasteiger partial charge is 0.491 e. The highest BCUT2D eigenvalue weighted by atomic mass is 16.5. The van der Waals surface area contributed by atoms with Gasteiger partial charge in [-0.15, -0.1) is 0 Å². The summed E-state index contributed by atoms with van der Waals surface area (Å²) in [5.74, 6) is 1.29. The van der Waals surface area contributed by atoms with Crippen molar-refractivity contribution in [3.05, 3.63) is 59.2 Å². The van der Waals surface area contributed by atoms with Crippen molar-refractivity contribution in [1.29, 1.82) is 0 Å². The number of methoxy groups -OCH3 is 1. The number of ether oxygens (including phenoxy) is 2. The second kappa shape index (κ2) is 8.93. The molecule has 0 aromatic heterocycles. The summed E-state index contributed by atoms with van der Waals surface area (Å²) < 4.78 is 11.0. The average molecular weight is 327 g/mol. The summed E-state index contributed by atoms with van der Waals surface area (Å²) >= 11 is 0. The molecule has 2 aromatic carbocycles. The lowest BCUT2D eigenvalue weighted by atomic mass is 10.1.